The van der Waals surface area contributed by atoms with Crippen molar-refractivity contribution in [3.63, 3.8) is 0 Å². The normalized spacial score (nSPS) is 19.5. The quantitative estimate of drug-likeness (QED) is 0.521. The van der Waals surface area contributed by atoms with Crippen molar-refractivity contribution in [2.75, 3.05) is 16.8 Å². The minimum absolute atomic E-state index is 0.0701. The molecule has 4 rings (SSSR count). The highest BCUT2D eigenvalue weighted by Crippen LogP contribution is 2.38. The molecule has 0 spiro atoms. The fraction of sp³-hybridized carbons (Fsp3) is 0.350. The van der Waals surface area contributed by atoms with Crippen LogP contribution in [0.25, 0.3) is 11.0 Å². The summed E-state index contributed by atoms with van der Waals surface area (Å²) in [5.41, 5.74) is 0.217. The molecule has 2 amide bonds. The number of nitrogens with zero attached hydrogens (tertiary/aromatic N) is 3. The lowest BCUT2D eigenvalue weighted by molar-refractivity contribution is -0.158. The van der Waals surface area contributed by atoms with E-state index in [1.807, 2.05) is 5.32 Å². The molecule has 1 unspecified atom stereocenters. The molecule has 8 nitrogen and oxygen atoms in total. The fourth-order valence-corrected chi connectivity index (χ4v) is 3.47. The Hall–Kier alpha value is -3.41. The third kappa shape index (κ3) is 4.05. The summed E-state index contributed by atoms with van der Waals surface area (Å²) < 4.78 is 59.9. The van der Waals surface area contributed by atoms with Gasteiger partial charge in [-0.05, 0) is 32.0 Å². The van der Waals surface area contributed by atoms with Gasteiger partial charge in [0.15, 0.2) is 6.04 Å². The van der Waals surface area contributed by atoms with Crippen molar-refractivity contribution < 1.29 is 31.9 Å². The monoisotopic (exact) mass is 453 g/mol. The Morgan fingerprint density at radius 3 is 2.59 bits per heavy atom. The minimum Gasteiger partial charge on any atom is -0.458 e. The van der Waals surface area contributed by atoms with Gasteiger partial charge in [0.25, 0.3) is 0 Å². The van der Waals surface area contributed by atoms with E-state index >= 15 is 0 Å². The van der Waals surface area contributed by atoms with Crippen molar-refractivity contribution in [1.82, 2.24) is 15.3 Å². The average molecular weight is 453 g/mol. The van der Waals surface area contributed by atoms with Crippen LogP contribution in [0.3, 0.4) is 0 Å². The molecule has 0 bridgehead atoms. The van der Waals surface area contributed by atoms with E-state index in [1.165, 1.54) is 25.4 Å². The summed E-state index contributed by atoms with van der Waals surface area (Å²) in [7, 11) is 0. The molecular weight excluding hydrogens is 434 g/mol. The summed E-state index contributed by atoms with van der Waals surface area (Å²) in [5.74, 6) is -0.829. The maximum absolute atomic E-state index is 13.7. The molecule has 1 saturated heterocycles. The van der Waals surface area contributed by atoms with Crippen molar-refractivity contribution in [2.24, 2.45) is 0 Å². The van der Waals surface area contributed by atoms with Crippen molar-refractivity contribution in [3.05, 3.63) is 47.7 Å². The molecule has 1 fully saturated rings. The smallest absolute Gasteiger partial charge is 0.416 e. The summed E-state index contributed by atoms with van der Waals surface area (Å²) in [4.78, 5) is 22.1. The summed E-state index contributed by atoms with van der Waals surface area (Å²) in [5, 5.41) is 13.9. The maximum Gasteiger partial charge on any atom is 0.416 e. The molecule has 1 aliphatic rings. The number of anilines is 2. The van der Waals surface area contributed by atoms with Crippen LogP contribution >= 0.6 is 0 Å². The highest BCUT2D eigenvalue weighted by atomic mass is 19.4. The number of hydrogen-bond acceptors (Lipinski definition) is 6. The molecule has 3 aromatic rings. The van der Waals surface area contributed by atoms with Gasteiger partial charge in [0.05, 0.1) is 30.2 Å². The van der Waals surface area contributed by atoms with E-state index in [2.05, 4.69) is 15.3 Å². The van der Waals surface area contributed by atoms with Crippen LogP contribution in [0.5, 0.6) is 0 Å². The van der Waals surface area contributed by atoms with E-state index in [4.69, 9.17) is 4.42 Å². The molecular formula is C20H19F4N5O3. The fourth-order valence-electron chi connectivity index (χ4n) is 3.47. The third-order valence-electron chi connectivity index (χ3n) is 5.39. The summed E-state index contributed by atoms with van der Waals surface area (Å²) in [6, 6.07) is -0.398. The summed E-state index contributed by atoms with van der Waals surface area (Å²) in [6.45, 7) is 3.52. The van der Waals surface area contributed by atoms with Gasteiger partial charge in [-0.15, -0.1) is 0 Å². The largest absolute Gasteiger partial charge is 0.458 e. The first kappa shape index (κ1) is 21.8. The molecule has 12 heteroatoms. The van der Waals surface area contributed by atoms with Gasteiger partial charge >= 0.3 is 12.2 Å². The summed E-state index contributed by atoms with van der Waals surface area (Å²) >= 11 is 0. The van der Waals surface area contributed by atoms with E-state index in [1.54, 1.807) is 11.8 Å². The number of halogens is 4. The lowest BCUT2D eigenvalue weighted by Crippen LogP contribution is -2.59. The number of aromatic nitrogens is 2. The van der Waals surface area contributed by atoms with Crippen LogP contribution in [-0.2, 0) is 0 Å². The zero-order valence-corrected chi connectivity index (χ0v) is 16.9. The number of nitrogens with one attached hydrogen (secondary N) is 2. The number of carbonyl (C=O) groups excluding carboxylic acids is 1. The van der Waals surface area contributed by atoms with Crippen molar-refractivity contribution >= 4 is 28.6 Å². The predicted octanol–water partition coefficient (Wildman–Crippen LogP) is 3.66. The minimum atomic E-state index is -4.87. The van der Waals surface area contributed by atoms with Crippen LogP contribution in [0.15, 0.2) is 35.0 Å². The Labute approximate surface area is 179 Å². The number of aliphatic hydroxyl groups is 1. The highest BCUT2D eigenvalue weighted by Gasteiger charge is 2.45. The Morgan fingerprint density at radius 1 is 1.31 bits per heavy atom. The molecule has 1 aromatic carbocycles. The molecule has 2 aromatic heterocycles. The number of urea groups is 1. The number of furan rings is 1. The molecule has 3 N–H and O–H groups in total. The second-order valence-electron chi connectivity index (χ2n) is 7.54. The van der Waals surface area contributed by atoms with Crippen LogP contribution in [-0.4, -0.2) is 46.0 Å². The lowest BCUT2D eigenvalue weighted by Gasteiger charge is -2.43. The van der Waals surface area contributed by atoms with E-state index < -0.39 is 35.9 Å². The van der Waals surface area contributed by atoms with E-state index in [0.29, 0.717) is 12.5 Å². The van der Waals surface area contributed by atoms with Crippen molar-refractivity contribution in [1.29, 1.82) is 0 Å². The second kappa shape index (κ2) is 7.93. The van der Waals surface area contributed by atoms with Gasteiger partial charge in [0.2, 0.25) is 5.95 Å². The average Bonchev–Trinajstić information content (AvgIpc) is 3.05. The van der Waals surface area contributed by atoms with Gasteiger partial charge in [-0.2, -0.15) is 13.2 Å². The molecule has 0 aliphatic carbocycles. The maximum atomic E-state index is 13.7. The molecule has 3 heterocycles. The van der Waals surface area contributed by atoms with E-state index in [9.17, 15) is 27.5 Å². The molecule has 0 saturated carbocycles. The highest BCUT2D eigenvalue weighted by molar-refractivity contribution is 5.89. The number of aryl methyl sites for hydroxylation is 1. The van der Waals surface area contributed by atoms with Gasteiger partial charge in [-0.3, -0.25) is 0 Å². The Bertz CT molecular complexity index is 1150. The number of amides is 2. The zero-order chi connectivity index (χ0) is 23.2. The number of benzene rings is 1. The summed E-state index contributed by atoms with van der Waals surface area (Å²) in [6.07, 6.45) is -2.86. The lowest BCUT2D eigenvalue weighted by atomic mass is 10.0. The Balaban J connectivity index is 1.50. The van der Waals surface area contributed by atoms with Crippen LogP contribution in [0, 0.1) is 12.7 Å². The van der Waals surface area contributed by atoms with Gasteiger partial charge in [0, 0.05) is 17.5 Å². The van der Waals surface area contributed by atoms with Crippen molar-refractivity contribution in [2.45, 2.75) is 38.2 Å². The van der Waals surface area contributed by atoms with E-state index in [0.717, 1.165) is 12.1 Å². The van der Waals surface area contributed by atoms with Gasteiger partial charge in [0.1, 0.15) is 17.2 Å². The Kier molecular flexibility index (Phi) is 5.41. The Morgan fingerprint density at radius 2 is 2.00 bits per heavy atom. The topological polar surface area (TPSA) is 104 Å². The number of fused-ring (bicyclic) bond motifs is 1. The zero-order valence-electron chi connectivity index (χ0n) is 16.9. The van der Waals surface area contributed by atoms with Crippen LogP contribution < -0.4 is 15.5 Å². The number of hydrogen-bond donors (Lipinski definition) is 3. The van der Waals surface area contributed by atoms with E-state index in [-0.39, 0.29) is 28.3 Å². The van der Waals surface area contributed by atoms with Crippen LogP contribution in [0.4, 0.5) is 34.0 Å². The predicted molar refractivity (Wildman–Crippen MR) is 107 cm³/mol. The molecule has 0 radical (unpaired) electrons. The number of β-amino-alcohol motifs (C(OH)–C–C–N with tert-alkyl or cyclic N) is 1. The second-order valence-corrected chi connectivity index (χ2v) is 7.54. The van der Waals surface area contributed by atoms with Gasteiger partial charge < -0.3 is 25.1 Å². The molecule has 170 valence electrons. The first-order chi connectivity index (χ1) is 15.0. The number of rotatable bonds is 4. The SMILES string of the molecule is Cc1c(C(NC(=O)Nc2cnc(N3C[C@H](O)[C@H]3C)nc2)C(F)(F)F)oc2ccc(F)cc12. The first-order valence-corrected chi connectivity index (χ1v) is 9.64. The number of alkyl halides is 3. The molecule has 3 atom stereocenters. The molecule has 1 aliphatic heterocycles. The number of carbonyl (C=O) groups is 1. The van der Waals surface area contributed by atoms with Gasteiger partial charge in [-0.25, -0.2) is 19.2 Å². The van der Waals surface area contributed by atoms with Gasteiger partial charge in [-0.1, -0.05) is 0 Å². The molecule has 32 heavy (non-hydrogen) atoms. The van der Waals surface area contributed by atoms with Crippen LogP contribution in [0.2, 0.25) is 0 Å². The number of aliphatic hydroxyl groups excluding tert-OH is 1. The standard InChI is InChI=1S/C20H19F4N5O3/c1-9-13-5-11(21)3-4-15(13)32-16(9)17(20(22,23)24)28-19(31)27-12-6-25-18(26-7-12)29-8-14(30)10(29)2/h3-7,10,14,17,30H,8H2,1-2H3,(H2,27,28,31)/t10-,14+,17?/m1/s1. The third-order valence-corrected chi connectivity index (χ3v) is 5.39. The van der Waals surface area contributed by atoms with Crippen molar-refractivity contribution in [3.8, 4) is 0 Å². The van der Waals surface area contributed by atoms with Crippen LogP contribution in [0.1, 0.15) is 24.3 Å². The first-order valence-electron chi connectivity index (χ1n) is 9.64.